The third-order valence-electron chi connectivity index (χ3n) is 4.18. The zero-order valence-electron chi connectivity index (χ0n) is 13.1. The topological polar surface area (TPSA) is 85.8 Å². The Kier molecular flexibility index (Phi) is 5.61. The second-order valence-electron chi connectivity index (χ2n) is 5.90. The third kappa shape index (κ3) is 4.43. The molecule has 0 fully saturated rings. The fourth-order valence-electron chi connectivity index (χ4n) is 2.75. The normalized spacial score (nSPS) is 19.4. The highest BCUT2D eigenvalue weighted by Gasteiger charge is 2.42. The Morgan fingerprint density at radius 1 is 1.48 bits per heavy atom. The molecule has 0 spiro atoms. The number of fused-ring (bicyclic) bond motifs is 1. The molecule has 1 aromatic rings. The lowest BCUT2D eigenvalue weighted by Crippen LogP contribution is -2.41. The lowest BCUT2D eigenvalue weighted by Gasteiger charge is -2.26. The van der Waals surface area contributed by atoms with Gasteiger partial charge >= 0.3 is 6.18 Å². The highest BCUT2D eigenvalue weighted by molar-refractivity contribution is 5.79. The molecule has 0 saturated carbocycles. The first-order valence-corrected chi connectivity index (χ1v) is 7.83. The highest BCUT2D eigenvalue weighted by Crippen LogP contribution is 2.34. The summed E-state index contributed by atoms with van der Waals surface area (Å²) in [6.45, 7) is 2.01. The van der Waals surface area contributed by atoms with Gasteiger partial charge in [-0.3, -0.25) is 10.1 Å². The molecule has 2 heterocycles. The van der Waals surface area contributed by atoms with Crippen molar-refractivity contribution < 1.29 is 18.0 Å². The summed E-state index contributed by atoms with van der Waals surface area (Å²) in [7, 11) is 0. The van der Waals surface area contributed by atoms with Crippen molar-refractivity contribution in [2.45, 2.75) is 64.3 Å². The monoisotopic (exact) mass is 333 g/mol. The standard InChI is InChI=1S/C14H22F3N5O/c1-2-3-4-10(13(18)23)19-7-12-21-20-11-6-5-9(8-22(11)12)14(15,16)17/h9-10,19H,2-8H2,1H3,(H2,18,23)/t9-,10-/m1/s1. The quantitative estimate of drug-likeness (QED) is 0.792. The number of primary amides is 1. The molecule has 0 bridgehead atoms. The van der Waals surface area contributed by atoms with Gasteiger partial charge in [0, 0.05) is 13.0 Å². The van der Waals surface area contributed by atoms with Crippen molar-refractivity contribution in [3.8, 4) is 0 Å². The Labute approximate surface area is 132 Å². The number of carbonyl (C=O) groups excluding carboxylic acids is 1. The van der Waals surface area contributed by atoms with Crippen LogP contribution < -0.4 is 11.1 Å². The molecule has 6 nitrogen and oxygen atoms in total. The van der Waals surface area contributed by atoms with E-state index in [1.54, 1.807) is 0 Å². The Morgan fingerprint density at radius 2 is 2.22 bits per heavy atom. The van der Waals surface area contributed by atoms with Gasteiger partial charge in [-0.15, -0.1) is 10.2 Å². The fourth-order valence-corrected chi connectivity index (χ4v) is 2.75. The summed E-state index contributed by atoms with van der Waals surface area (Å²) in [6.07, 6.45) is -1.56. The molecule has 2 atom stereocenters. The maximum absolute atomic E-state index is 12.9. The van der Waals surface area contributed by atoms with Crippen molar-refractivity contribution >= 4 is 5.91 Å². The van der Waals surface area contributed by atoms with Crippen molar-refractivity contribution in [3.63, 3.8) is 0 Å². The van der Waals surface area contributed by atoms with Gasteiger partial charge in [-0.2, -0.15) is 13.2 Å². The number of carbonyl (C=O) groups is 1. The number of nitrogens with one attached hydrogen (secondary N) is 1. The fraction of sp³-hybridized carbons (Fsp3) is 0.786. The minimum atomic E-state index is -4.22. The summed E-state index contributed by atoms with van der Waals surface area (Å²) in [5.41, 5.74) is 5.34. The van der Waals surface area contributed by atoms with E-state index in [2.05, 4.69) is 15.5 Å². The predicted octanol–water partition coefficient (Wildman–Crippen LogP) is 1.54. The van der Waals surface area contributed by atoms with Crippen LogP contribution in [0.25, 0.3) is 0 Å². The molecule has 1 aliphatic rings. The van der Waals surface area contributed by atoms with Gasteiger partial charge in [-0.25, -0.2) is 0 Å². The number of nitrogens with zero attached hydrogens (tertiary/aromatic N) is 3. The first-order chi connectivity index (χ1) is 10.8. The van der Waals surface area contributed by atoms with Crippen LogP contribution in [0.15, 0.2) is 0 Å². The first-order valence-electron chi connectivity index (χ1n) is 7.83. The average Bonchev–Trinajstić information content (AvgIpc) is 2.88. The summed E-state index contributed by atoms with van der Waals surface area (Å²) >= 11 is 0. The Morgan fingerprint density at radius 3 is 2.83 bits per heavy atom. The van der Waals surface area contributed by atoms with Gasteiger partial charge in [0.05, 0.1) is 18.5 Å². The van der Waals surface area contributed by atoms with Gasteiger partial charge < -0.3 is 10.3 Å². The number of rotatable bonds is 7. The van der Waals surface area contributed by atoms with Crippen LogP contribution >= 0.6 is 0 Å². The average molecular weight is 333 g/mol. The van der Waals surface area contributed by atoms with Crippen molar-refractivity contribution in [3.05, 3.63) is 11.6 Å². The van der Waals surface area contributed by atoms with Crippen molar-refractivity contribution in [1.29, 1.82) is 0 Å². The molecule has 0 unspecified atom stereocenters. The van der Waals surface area contributed by atoms with Crippen LogP contribution in [0, 0.1) is 5.92 Å². The molecule has 0 saturated heterocycles. The molecule has 1 aliphatic heterocycles. The van der Waals surface area contributed by atoms with E-state index in [4.69, 9.17) is 5.73 Å². The second-order valence-corrected chi connectivity index (χ2v) is 5.90. The molecule has 130 valence electrons. The van der Waals surface area contributed by atoms with Crippen LogP contribution in [-0.2, 0) is 24.3 Å². The van der Waals surface area contributed by atoms with Crippen LogP contribution in [0.3, 0.4) is 0 Å². The number of alkyl halides is 3. The third-order valence-corrected chi connectivity index (χ3v) is 4.18. The zero-order valence-corrected chi connectivity index (χ0v) is 13.1. The van der Waals surface area contributed by atoms with Gasteiger partial charge in [0.15, 0.2) is 0 Å². The van der Waals surface area contributed by atoms with Crippen molar-refractivity contribution in [2.24, 2.45) is 11.7 Å². The van der Waals surface area contributed by atoms with Crippen LogP contribution in [0.1, 0.15) is 44.3 Å². The van der Waals surface area contributed by atoms with Crippen molar-refractivity contribution in [2.75, 3.05) is 0 Å². The van der Waals surface area contributed by atoms with E-state index in [0.717, 1.165) is 12.8 Å². The lowest BCUT2D eigenvalue weighted by molar-refractivity contribution is -0.182. The molecule has 23 heavy (non-hydrogen) atoms. The predicted molar refractivity (Wildman–Crippen MR) is 77.2 cm³/mol. The van der Waals surface area contributed by atoms with Gasteiger partial charge in [-0.1, -0.05) is 19.8 Å². The molecule has 0 radical (unpaired) electrons. The van der Waals surface area contributed by atoms with Crippen LogP contribution in [0.4, 0.5) is 13.2 Å². The number of hydrogen-bond donors (Lipinski definition) is 2. The van der Waals surface area contributed by atoms with E-state index in [9.17, 15) is 18.0 Å². The largest absolute Gasteiger partial charge is 0.393 e. The highest BCUT2D eigenvalue weighted by atomic mass is 19.4. The van der Waals surface area contributed by atoms with E-state index < -0.39 is 24.0 Å². The number of nitrogens with two attached hydrogens (primary N) is 1. The minimum absolute atomic E-state index is 0.0372. The van der Waals surface area contributed by atoms with E-state index in [1.165, 1.54) is 4.57 Å². The molecule has 0 aromatic carbocycles. The molecule has 9 heteroatoms. The van der Waals surface area contributed by atoms with Crippen LogP contribution in [0.5, 0.6) is 0 Å². The molecular weight excluding hydrogens is 311 g/mol. The molecule has 1 amide bonds. The number of aryl methyl sites for hydroxylation is 1. The summed E-state index contributed by atoms with van der Waals surface area (Å²) in [6, 6.07) is -0.509. The Hall–Kier alpha value is -1.64. The first kappa shape index (κ1) is 17.7. The van der Waals surface area contributed by atoms with Gasteiger partial charge in [0.25, 0.3) is 0 Å². The van der Waals surface area contributed by atoms with Crippen LogP contribution in [0.2, 0.25) is 0 Å². The summed E-state index contributed by atoms with van der Waals surface area (Å²) in [5, 5.41) is 10.9. The van der Waals surface area contributed by atoms with Gasteiger partial charge in [0.2, 0.25) is 5.91 Å². The second kappa shape index (κ2) is 7.29. The molecule has 0 aliphatic carbocycles. The Bertz CT molecular complexity index is 543. The number of halogens is 3. The summed E-state index contributed by atoms with van der Waals surface area (Å²) in [4.78, 5) is 11.4. The van der Waals surface area contributed by atoms with E-state index >= 15 is 0 Å². The maximum Gasteiger partial charge on any atom is 0.393 e. The van der Waals surface area contributed by atoms with Gasteiger partial charge in [-0.05, 0) is 12.8 Å². The summed E-state index contributed by atoms with van der Waals surface area (Å²) in [5.74, 6) is -0.870. The number of amides is 1. The summed E-state index contributed by atoms with van der Waals surface area (Å²) < 4.78 is 40.2. The van der Waals surface area contributed by atoms with Crippen molar-refractivity contribution in [1.82, 2.24) is 20.1 Å². The van der Waals surface area contributed by atoms with E-state index in [0.29, 0.717) is 18.1 Å². The lowest BCUT2D eigenvalue weighted by atomic mass is 9.99. The van der Waals surface area contributed by atoms with E-state index in [1.807, 2.05) is 6.92 Å². The molecular formula is C14H22F3N5O. The Balaban J connectivity index is 2.02. The zero-order chi connectivity index (χ0) is 17.0. The smallest absolute Gasteiger partial charge is 0.368 e. The minimum Gasteiger partial charge on any atom is -0.368 e. The number of hydrogen-bond acceptors (Lipinski definition) is 4. The van der Waals surface area contributed by atoms with Crippen LogP contribution in [-0.4, -0.2) is 32.9 Å². The molecule has 2 rings (SSSR count). The maximum atomic E-state index is 12.9. The molecule has 1 aromatic heterocycles. The SMILES string of the molecule is CCCC[C@@H](NCc1nnc2n1C[C@H](C(F)(F)F)CC2)C(N)=O. The number of unbranched alkanes of at least 4 members (excludes halogenated alkanes) is 1. The number of aromatic nitrogens is 3. The molecule has 3 N–H and O–H groups in total. The van der Waals surface area contributed by atoms with E-state index in [-0.39, 0.29) is 25.9 Å². The van der Waals surface area contributed by atoms with Gasteiger partial charge in [0.1, 0.15) is 11.6 Å².